The molecular weight excluding hydrogens is 317 g/mol. The minimum Gasteiger partial charge on any atom is -0.460 e. The van der Waals surface area contributed by atoms with Gasteiger partial charge in [0.25, 0.3) is 0 Å². The number of nitrogens with zero attached hydrogens (tertiary/aromatic N) is 1. The van der Waals surface area contributed by atoms with Crippen LogP contribution in [0.1, 0.15) is 37.7 Å². The summed E-state index contributed by atoms with van der Waals surface area (Å²) in [6, 6.07) is 8.40. The van der Waals surface area contributed by atoms with Crippen molar-refractivity contribution >= 4 is 17.6 Å². The van der Waals surface area contributed by atoms with Gasteiger partial charge in [0, 0.05) is 23.0 Å². The fourth-order valence-electron chi connectivity index (χ4n) is 4.15. The second kappa shape index (κ2) is 6.78. The van der Waals surface area contributed by atoms with Gasteiger partial charge in [-0.3, -0.25) is 9.69 Å². The molecule has 3 nitrogen and oxygen atoms in total. The second-order valence-electron chi connectivity index (χ2n) is 6.79. The second-order valence-corrected chi connectivity index (χ2v) is 7.22. The number of esters is 1. The van der Waals surface area contributed by atoms with E-state index in [-0.39, 0.29) is 23.8 Å². The first-order valence-electron chi connectivity index (χ1n) is 8.25. The van der Waals surface area contributed by atoms with Crippen LogP contribution in [0.15, 0.2) is 24.3 Å². The summed E-state index contributed by atoms with van der Waals surface area (Å²) in [6.45, 7) is 0.951. The van der Waals surface area contributed by atoms with E-state index in [4.69, 9.17) is 16.3 Å². The fraction of sp³-hybridized carbons (Fsp3) is 0.611. The number of piperidine rings is 1. The van der Waals surface area contributed by atoms with Crippen LogP contribution in [0.25, 0.3) is 0 Å². The molecule has 2 bridgehead atoms. The van der Waals surface area contributed by atoms with Gasteiger partial charge in [0.1, 0.15) is 12.8 Å². The zero-order valence-electron chi connectivity index (χ0n) is 13.5. The van der Waals surface area contributed by atoms with Gasteiger partial charge in [0.15, 0.2) is 0 Å². The van der Waals surface area contributed by atoms with Crippen molar-refractivity contribution in [3.8, 4) is 0 Å². The van der Waals surface area contributed by atoms with Crippen molar-refractivity contribution in [3.05, 3.63) is 34.9 Å². The number of carbonyl (C=O) groups is 1. The van der Waals surface area contributed by atoms with Crippen molar-refractivity contribution in [1.82, 2.24) is 4.90 Å². The summed E-state index contributed by atoms with van der Waals surface area (Å²) in [7, 11) is 2.08. The molecule has 2 aliphatic heterocycles. The van der Waals surface area contributed by atoms with E-state index in [0.717, 1.165) is 24.8 Å². The number of carbonyl (C=O) groups excluding carboxylic acids is 1. The van der Waals surface area contributed by atoms with Crippen LogP contribution >= 0.6 is 11.6 Å². The largest absolute Gasteiger partial charge is 0.460 e. The lowest BCUT2D eigenvalue weighted by molar-refractivity contribution is -0.158. The molecular formula is C18H23ClFNO2. The summed E-state index contributed by atoms with van der Waals surface area (Å²) < 4.78 is 18.1. The van der Waals surface area contributed by atoms with Gasteiger partial charge in [0.2, 0.25) is 0 Å². The van der Waals surface area contributed by atoms with Gasteiger partial charge < -0.3 is 4.74 Å². The van der Waals surface area contributed by atoms with Crippen LogP contribution in [-0.4, -0.2) is 42.8 Å². The fourth-order valence-corrected chi connectivity index (χ4v) is 4.28. The van der Waals surface area contributed by atoms with Crippen molar-refractivity contribution < 1.29 is 13.9 Å². The Balaban J connectivity index is 1.89. The summed E-state index contributed by atoms with van der Waals surface area (Å²) in [5.41, 5.74) is 1.12. The third-order valence-electron chi connectivity index (χ3n) is 5.37. The van der Waals surface area contributed by atoms with Crippen LogP contribution in [0.5, 0.6) is 0 Å². The number of rotatable bonds is 4. The number of benzene rings is 1. The summed E-state index contributed by atoms with van der Waals surface area (Å²) in [6.07, 6.45) is 2.35. The highest BCUT2D eigenvalue weighted by molar-refractivity contribution is 6.30. The molecule has 2 saturated heterocycles. The molecule has 2 aliphatic rings. The molecule has 0 saturated carbocycles. The topological polar surface area (TPSA) is 29.5 Å². The number of alkyl halides is 1. The zero-order valence-corrected chi connectivity index (χ0v) is 14.3. The molecule has 5 heteroatoms. The number of ether oxygens (including phenoxy) is 1. The molecule has 0 aliphatic carbocycles. The smallest absolute Gasteiger partial charge is 0.311 e. The van der Waals surface area contributed by atoms with Crippen LogP contribution in [0, 0.1) is 5.92 Å². The van der Waals surface area contributed by atoms with Gasteiger partial charge in [-0.05, 0) is 50.9 Å². The molecule has 23 heavy (non-hydrogen) atoms. The van der Waals surface area contributed by atoms with Crippen LogP contribution in [0.4, 0.5) is 4.39 Å². The average molecular weight is 340 g/mol. The molecule has 1 aromatic rings. The van der Waals surface area contributed by atoms with Crippen molar-refractivity contribution in [1.29, 1.82) is 0 Å². The molecule has 1 aromatic carbocycles. The Morgan fingerprint density at radius 3 is 2.74 bits per heavy atom. The normalized spacial score (nSPS) is 31.8. The van der Waals surface area contributed by atoms with E-state index in [1.54, 1.807) is 6.92 Å². The summed E-state index contributed by atoms with van der Waals surface area (Å²) in [5.74, 6) is -0.401. The van der Waals surface area contributed by atoms with Gasteiger partial charge in [-0.15, -0.1) is 0 Å². The highest BCUT2D eigenvalue weighted by atomic mass is 35.5. The van der Waals surface area contributed by atoms with E-state index >= 15 is 0 Å². The third kappa shape index (κ3) is 3.24. The van der Waals surface area contributed by atoms with Crippen molar-refractivity contribution in [2.75, 3.05) is 13.7 Å². The Morgan fingerprint density at radius 1 is 1.39 bits per heavy atom. The molecule has 5 atom stereocenters. The predicted molar refractivity (Wildman–Crippen MR) is 88.4 cm³/mol. The van der Waals surface area contributed by atoms with Gasteiger partial charge in [0.05, 0.1) is 5.92 Å². The van der Waals surface area contributed by atoms with Crippen LogP contribution < -0.4 is 0 Å². The molecule has 0 aromatic heterocycles. The van der Waals surface area contributed by atoms with E-state index in [1.165, 1.54) is 0 Å². The minimum atomic E-state index is -0.683. The lowest BCUT2D eigenvalue weighted by Gasteiger charge is -2.42. The number of hydrogen-bond donors (Lipinski definition) is 0. The van der Waals surface area contributed by atoms with E-state index in [1.807, 2.05) is 24.3 Å². The summed E-state index contributed by atoms with van der Waals surface area (Å²) in [5, 5.41) is 0.690. The Labute approximate surface area is 141 Å². The maximum Gasteiger partial charge on any atom is 0.311 e. The third-order valence-corrected chi connectivity index (χ3v) is 5.63. The maximum absolute atomic E-state index is 12.7. The standard InChI is InChI=1S/C18H23ClFNO2/c1-11(10-20)23-18(22)17-15(12-3-5-13(19)6-4-12)9-14-7-8-16(17)21(14)2/h3-6,11,14-17H,7-10H2,1-2H3/t11-,14?,15?,16?,17?/m0/s1. The van der Waals surface area contributed by atoms with E-state index in [0.29, 0.717) is 11.1 Å². The Morgan fingerprint density at radius 2 is 2.09 bits per heavy atom. The SMILES string of the molecule is C[C@@H](CF)OC(=O)C1C(c2ccc(Cl)cc2)CC2CCC1N2C. The Hall–Kier alpha value is -1.13. The van der Waals surface area contributed by atoms with Crippen molar-refractivity contribution in [3.63, 3.8) is 0 Å². The van der Waals surface area contributed by atoms with Gasteiger partial charge >= 0.3 is 5.97 Å². The first-order chi connectivity index (χ1) is 11.0. The molecule has 0 radical (unpaired) electrons. The average Bonchev–Trinajstić information content (AvgIpc) is 2.78. The lowest BCUT2D eigenvalue weighted by Crippen LogP contribution is -2.49. The summed E-state index contributed by atoms with van der Waals surface area (Å²) in [4.78, 5) is 15.0. The van der Waals surface area contributed by atoms with Crippen molar-refractivity contribution in [2.45, 2.75) is 50.3 Å². The molecule has 126 valence electrons. The lowest BCUT2D eigenvalue weighted by atomic mass is 9.76. The van der Waals surface area contributed by atoms with Crippen molar-refractivity contribution in [2.24, 2.45) is 5.92 Å². The summed E-state index contributed by atoms with van der Waals surface area (Å²) >= 11 is 5.99. The van der Waals surface area contributed by atoms with Crippen LogP contribution in [-0.2, 0) is 9.53 Å². The molecule has 2 heterocycles. The maximum atomic E-state index is 12.7. The van der Waals surface area contributed by atoms with E-state index in [2.05, 4.69) is 11.9 Å². The first-order valence-corrected chi connectivity index (χ1v) is 8.63. The molecule has 2 fully saturated rings. The van der Waals surface area contributed by atoms with E-state index in [9.17, 15) is 9.18 Å². The quantitative estimate of drug-likeness (QED) is 0.781. The Bertz CT molecular complexity index is 565. The molecule has 3 rings (SSSR count). The van der Waals surface area contributed by atoms with Crippen LogP contribution in [0.3, 0.4) is 0 Å². The van der Waals surface area contributed by atoms with E-state index < -0.39 is 12.8 Å². The number of fused-ring (bicyclic) bond motifs is 2. The van der Waals surface area contributed by atoms with Gasteiger partial charge in [-0.2, -0.15) is 0 Å². The molecule has 0 amide bonds. The number of hydrogen-bond acceptors (Lipinski definition) is 3. The Kier molecular flexibility index (Phi) is 4.93. The highest BCUT2D eigenvalue weighted by Crippen LogP contribution is 2.46. The molecule has 0 spiro atoms. The molecule has 0 N–H and O–H groups in total. The van der Waals surface area contributed by atoms with Gasteiger partial charge in [-0.25, -0.2) is 4.39 Å². The zero-order chi connectivity index (χ0) is 16.6. The monoisotopic (exact) mass is 339 g/mol. The minimum absolute atomic E-state index is 0.111. The van der Waals surface area contributed by atoms with Gasteiger partial charge in [-0.1, -0.05) is 23.7 Å². The highest BCUT2D eigenvalue weighted by Gasteiger charge is 2.49. The molecule has 4 unspecified atom stereocenters. The predicted octanol–water partition coefficient (Wildman–Crippen LogP) is 3.81. The van der Waals surface area contributed by atoms with Crippen LogP contribution in [0.2, 0.25) is 5.02 Å². The first kappa shape index (κ1) is 16.7. The number of halogens is 2.